The Bertz CT molecular complexity index is 884. The van der Waals surface area contributed by atoms with Gasteiger partial charge in [0.1, 0.15) is 10.9 Å². The number of ether oxygens (including phenoxy) is 1. The fourth-order valence-corrected chi connectivity index (χ4v) is 3.59. The van der Waals surface area contributed by atoms with Crippen LogP contribution in [0.15, 0.2) is 58.4 Å². The van der Waals surface area contributed by atoms with Gasteiger partial charge >= 0.3 is 0 Å². The molecule has 6 nitrogen and oxygen atoms in total. The molecule has 1 heterocycles. The molecule has 2 atom stereocenters. The number of aliphatic imine (C=N–C) groups is 1. The highest BCUT2D eigenvalue weighted by atomic mass is 35.5. The fourth-order valence-electron chi connectivity index (χ4n) is 2.51. The van der Waals surface area contributed by atoms with E-state index in [1.165, 1.54) is 12.1 Å². The molecule has 2 aromatic carbocycles. The van der Waals surface area contributed by atoms with Crippen molar-refractivity contribution in [2.75, 3.05) is 6.61 Å². The molecule has 8 heteroatoms. The minimum absolute atomic E-state index is 0.0261. The summed E-state index contributed by atoms with van der Waals surface area (Å²) >= 11 is 5.89. The molecule has 0 fully saturated rings. The highest BCUT2D eigenvalue weighted by molar-refractivity contribution is 7.89. The summed E-state index contributed by atoms with van der Waals surface area (Å²) in [5.41, 5.74) is 1.30. The van der Waals surface area contributed by atoms with Crippen molar-refractivity contribution in [1.29, 1.82) is 0 Å². The van der Waals surface area contributed by atoms with Crippen molar-refractivity contribution in [2.45, 2.75) is 17.0 Å². The molecule has 3 rings (SSSR count). The number of sulfonamides is 1. The standard InChI is InChI=1S/C16H15ClN2O4S/c17-12-7-6-11(8-14(12)24(18,21)22)16-19-13(9-20)15(23-16)10-4-2-1-3-5-10/h1-8,13,15,20H,9H2,(H2,18,21,22). The SMILES string of the molecule is NS(=O)(=O)c1cc(C2=NC(CO)C(c3ccccc3)O2)ccc1Cl. The molecule has 0 spiro atoms. The zero-order valence-electron chi connectivity index (χ0n) is 12.5. The lowest BCUT2D eigenvalue weighted by atomic mass is 10.0. The maximum Gasteiger partial charge on any atom is 0.239 e. The van der Waals surface area contributed by atoms with E-state index < -0.39 is 22.2 Å². The summed E-state index contributed by atoms with van der Waals surface area (Å²) in [5, 5.41) is 14.8. The third kappa shape index (κ3) is 3.29. The summed E-state index contributed by atoms with van der Waals surface area (Å²) < 4.78 is 29.1. The van der Waals surface area contributed by atoms with E-state index >= 15 is 0 Å². The Morgan fingerprint density at radius 2 is 1.92 bits per heavy atom. The lowest BCUT2D eigenvalue weighted by Crippen LogP contribution is -2.18. The van der Waals surface area contributed by atoms with Crippen LogP contribution in [-0.4, -0.2) is 32.1 Å². The molecule has 0 saturated carbocycles. The van der Waals surface area contributed by atoms with Crippen molar-refractivity contribution in [2.24, 2.45) is 10.1 Å². The maximum atomic E-state index is 11.6. The van der Waals surface area contributed by atoms with Gasteiger partial charge in [0.05, 0.1) is 11.6 Å². The number of aliphatic hydroxyl groups excluding tert-OH is 1. The van der Waals surface area contributed by atoms with Crippen LogP contribution < -0.4 is 5.14 Å². The van der Waals surface area contributed by atoms with E-state index in [2.05, 4.69) is 4.99 Å². The van der Waals surface area contributed by atoms with Crippen molar-refractivity contribution in [3.63, 3.8) is 0 Å². The molecular weight excluding hydrogens is 352 g/mol. The van der Waals surface area contributed by atoms with E-state index in [1.54, 1.807) is 6.07 Å². The van der Waals surface area contributed by atoms with Crippen LogP contribution in [0, 0.1) is 0 Å². The van der Waals surface area contributed by atoms with Gasteiger partial charge in [-0.25, -0.2) is 18.5 Å². The second-order valence-corrected chi connectivity index (χ2v) is 7.26. The molecule has 0 radical (unpaired) electrons. The van der Waals surface area contributed by atoms with Crippen LogP contribution in [-0.2, 0) is 14.8 Å². The highest BCUT2D eigenvalue weighted by Crippen LogP contribution is 2.32. The monoisotopic (exact) mass is 366 g/mol. The second kappa shape index (κ2) is 6.52. The topological polar surface area (TPSA) is 102 Å². The summed E-state index contributed by atoms with van der Waals surface area (Å²) in [7, 11) is -3.96. The average Bonchev–Trinajstić information content (AvgIpc) is 2.99. The number of aliphatic hydroxyl groups is 1. The van der Waals surface area contributed by atoms with E-state index in [0.29, 0.717) is 5.56 Å². The normalized spacial score (nSPS) is 20.5. The number of primary sulfonamides is 1. The third-order valence-electron chi connectivity index (χ3n) is 3.67. The Labute approximate surface area is 144 Å². The van der Waals surface area contributed by atoms with Crippen molar-refractivity contribution in [3.05, 3.63) is 64.7 Å². The quantitative estimate of drug-likeness (QED) is 0.862. The lowest BCUT2D eigenvalue weighted by molar-refractivity contribution is 0.152. The zero-order valence-corrected chi connectivity index (χ0v) is 14.0. The largest absolute Gasteiger partial charge is 0.467 e. The first-order chi connectivity index (χ1) is 11.4. The zero-order chi connectivity index (χ0) is 17.3. The molecule has 0 aliphatic carbocycles. The Balaban J connectivity index is 1.97. The summed E-state index contributed by atoms with van der Waals surface area (Å²) in [4.78, 5) is 4.16. The summed E-state index contributed by atoms with van der Waals surface area (Å²) in [6, 6.07) is 13.2. The van der Waals surface area contributed by atoms with Gasteiger partial charge in [-0.05, 0) is 23.8 Å². The van der Waals surface area contributed by atoms with Crippen molar-refractivity contribution in [1.82, 2.24) is 0 Å². The van der Waals surface area contributed by atoms with Gasteiger partial charge in [0.2, 0.25) is 15.9 Å². The molecular formula is C16H15ClN2O4S. The molecule has 0 amide bonds. The first-order valence-electron chi connectivity index (χ1n) is 7.13. The molecule has 2 aromatic rings. The van der Waals surface area contributed by atoms with Crippen LogP contribution in [0.25, 0.3) is 0 Å². The average molecular weight is 367 g/mol. The van der Waals surface area contributed by atoms with Crippen molar-refractivity contribution >= 4 is 27.5 Å². The third-order valence-corrected chi connectivity index (χ3v) is 5.06. The molecule has 0 bridgehead atoms. The molecule has 3 N–H and O–H groups in total. The number of hydrogen-bond donors (Lipinski definition) is 2. The first-order valence-corrected chi connectivity index (χ1v) is 9.05. The van der Waals surface area contributed by atoms with Gasteiger partial charge in [-0.15, -0.1) is 0 Å². The fraction of sp³-hybridized carbons (Fsp3) is 0.188. The van der Waals surface area contributed by atoms with Gasteiger partial charge in [0.15, 0.2) is 6.10 Å². The van der Waals surface area contributed by atoms with Gasteiger partial charge in [-0.1, -0.05) is 41.9 Å². The van der Waals surface area contributed by atoms with E-state index in [4.69, 9.17) is 21.5 Å². The molecule has 1 aliphatic heterocycles. The van der Waals surface area contributed by atoms with Gasteiger partial charge < -0.3 is 9.84 Å². The number of halogens is 1. The number of nitrogens with two attached hydrogens (primary N) is 1. The maximum absolute atomic E-state index is 11.6. The van der Waals surface area contributed by atoms with Crippen LogP contribution in [0.3, 0.4) is 0 Å². The van der Waals surface area contributed by atoms with Crippen molar-refractivity contribution in [3.8, 4) is 0 Å². The summed E-state index contributed by atoms with van der Waals surface area (Å²) in [6.07, 6.45) is -0.445. The number of nitrogens with zero attached hydrogens (tertiary/aromatic N) is 1. The molecule has 24 heavy (non-hydrogen) atoms. The molecule has 2 unspecified atom stereocenters. The van der Waals surface area contributed by atoms with Gasteiger partial charge in [-0.3, -0.25) is 0 Å². The number of rotatable bonds is 4. The summed E-state index contributed by atoms with van der Waals surface area (Å²) in [5.74, 6) is 0.240. The Kier molecular flexibility index (Phi) is 4.60. The Hall–Kier alpha value is -1.93. The van der Waals surface area contributed by atoms with E-state index in [0.717, 1.165) is 5.56 Å². The number of hydrogen-bond acceptors (Lipinski definition) is 5. The van der Waals surface area contributed by atoms with Crippen LogP contribution >= 0.6 is 11.6 Å². The smallest absolute Gasteiger partial charge is 0.239 e. The molecule has 126 valence electrons. The van der Waals surface area contributed by atoms with E-state index in [1.807, 2.05) is 30.3 Å². The van der Waals surface area contributed by atoms with Crippen LogP contribution in [0.4, 0.5) is 0 Å². The molecule has 0 saturated heterocycles. The minimum atomic E-state index is -3.96. The van der Waals surface area contributed by atoms with Gasteiger partial charge in [0, 0.05) is 5.56 Å². The number of benzene rings is 2. The molecule has 0 aromatic heterocycles. The molecule has 1 aliphatic rings. The minimum Gasteiger partial charge on any atom is -0.467 e. The van der Waals surface area contributed by atoms with Crippen LogP contribution in [0.5, 0.6) is 0 Å². The first kappa shape index (κ1) is 16.9. The van der Waals surface area contributed by atoms with E-state index in [-0.39, 0.29) is 22.4 Å². The summed E-state index contributed by atoms with van der Waals surface area (Å²) in [6.45, 7) is -0.196. The van der Waals surface area contributed by atoms with Gasteiger partial charge in [0.25, 0.3) is 0 Å². The predicted octanol–water partition coefficient (Wildman–Crippen LogP) is 1.87. The predicted molar refractivity (Wildman–Crippen MR) is 90.5 cm³/mol. The lowest BCUT2D eigenvalue weighted by Gasteiger charge is -2.16. The highest BCUT2D eigenvalue weighted by Gasteiger charge is 2.32. The van der Waals surface area contributed by atoms with Gasteiger partial charge in [-0.2, -0.15) is 0 Å². The second-order valence-electron chi connectivity index (χ2n) is 5.32. The van der Waals surface area contributed by atoms with Crippen LogP contribution in [0.1, 0.15) is 17.2 Å². The Morgan fingerprint density at radius 3 is 2.54 bits per heavy atom. The Morgan fingerprint density at radius 1 is 1.21 bits per heavy atom. The van der Waals surface area contributed by atoms with E-state index in [9.17, 15) is 13.5 Å². The van der Waals surface area contributed by atoms with Crippen LogP contribution in [0.2, 0.25) is 5.02 Å². The van der Waals surface area contributed by atoms with Crippen molar-refractivity contribution < 1.29 is 18.3 Å².